The summed E-state index contributed by atoms with van der Waals surface area (Å²) in [5.74, 6) is 0.702. The van der Waals surface area contributed by atoms with Gasteiger partial charge in [0, 0.05) is 25.2 Å². The SMILES string of the molecule is Cc1oc(-c2cccc(C(F)(F)F)c2)nc1CN1C[C@H](OC(C)C)[C@@H](O)C1. The van der Waals surface area contributed by atoms with Crippen LogP contribution in [0, 0.1) is 6.92 Å². The van der Waals surface area contributed by atoms with Gasteiger partial charge >= 0.3 is 6.18 Å². The Morgan fingerprint density at radius 1 is 1.33 bits per heavy atom. The molecule has 1 aromatic carbocycles. The summed E-state index contributed by atoms with van der Waals surface area (Å²) in [5, 5.41) is 10.1. The maximum atomic E-state index is 12.9. The molecule has 3 rings (SSSR count). The summed E-state index contributed by atoms with van der Waals surface area (Å²) in [6.07, 6.45) is -5.24. The quantitative estimate of drug-likeness (QED) is 0.853. The summed E-state index contributed by atoms with van der Waals surface area (Å²) < 4.78 is 50.0. The Kier molecular flexibility index (Phi) is 5.60. The van der Waals surface area contributed by atoms with E-state index < -0.39 is 17.8 Å². The van der Waals surface area contributed by atoms with Gasteiger partial charge in [-0.3, -0.25) is 4.90 Å². The van der Waals surface area contributed by atoms with Crippen molar-refractivity contribution < 1.29 is 27.4 Å². The number of aryl methyl sites for hydroxylation is 1. The fourth-order valence-corrected chi connectivity index (χ4v) is 3.18. The van der Waals surface area contributed by atoms with Gasteiger partial charge in [-0.25, -0.2) is 4.98 Å². The molecule has 2 aromatic rings. The van der Waals surface area contributed by atoms with E-state index in [1.165, 1.54) is 12.1 Å². The number of hydrogen-bond acceptors (Lipinski definition) is 5. The molecule has 0 unspecified atom stereocenters. The van der Waals surface area contributed by atoms with Crippen LogP contribution in [0.2, 0.25) is 0 Å². The fourth-order valence-electron chi connectivity index (χ4n) is 3.18. The van der Waals surface area contributed by atoms with E-state index in [0.717, 1.165) is 12.1 Å². The monoisotopic (exact) mass is 384 g/mol. The lowest BCUT2D eigenvalue weighted by Gasteiger charge is -2.17. The lowest BCUT2D eigenvalue weighted by atomic mass is 10.1. The van der Waals surface area contributed by atoms with Gasteiger partial charge in [0.1, 0.15) is 5.76 Å². The summed E-state index contributed by atoms with van der Waals surface area (Å²) in [7, 11) is 0. The van der Waals surface area contributed by atoms with Gasteiger partial charge in [-0.05, 0) is 39.0 Å². The Labute approximate surface area is 155 Å². The number of rotatable bonds is 5. The average molecular weight is 384 g/mol. The number of alkyl halides is 3. The van der Waals surface area contributed by atoms with Gasteiger partial charge in [0.25, 0.3) is 0 Å². The van der Waals surface area contributed by atoms with Crippen molar-refractivity contribution in [2.75, 3.05) is 13.1 Å². The van der Waals surface area contributed by atoms with Crippen molar-refractivity contribution >= 4 is 0 Å². The van der Waals surface area contributed by atoms with Crippen molar-refractivity contribution in [3.63, 3.8) is 0 Å². The maximum Gasteiger partial charge on any atom is 0.416 e. The first kappa shape index (κ1) is 19.9. The van der Waals surface area contributed by atoms with Crippen LogP contribution in [0.15, 0.2) is 28.7 Å². The van der Waals surface area contributed by atoms with Crippen LogP contribution in [0.4, 0.5) is 13.2 Å². The van der Waals surface area contributed by atoms with Crippen molar-refractivity contribution in [2.24, 2.45) is 0 Å². The van der Waals surface area contributed by atoms with E-state index in [0.29, 0.717) is 31.1 Å². The molecule has 1 saturated heterocycles. The Morgan fingerprint density at radius 3 is 2.74 bits per heavy atom. The molecule has 148 valence electrons. The number of aromatic nitrogens is 1. The highest BCUT2D eigenvalue weighted by molar-refractivity contribution is 5.55. The van der Waals surface area contributed by atoms with Crippen LogP contribution in [-0.4, -0.2) is 46.4 Å². The third-order valence-electron chi connectivity index (χ3n) is 4.46. The van der Waals surface area contributed by atoms with Gasteiger partial charge in [0.15, 0.2) is 0 Å². The Bertz CT molecular complexity index is 789. The molecule has 0 amide bonds. The molecule has 0 aliphatic carbocycles. The molecule has 2 heterocycles. The number of benzene rings is 1. The van der Waals surface area contributed by atoms with Gasteiger partial charge in [-0.1, -0.05) is 6.07 Å². The summed E-state index contributed by atoms with van der Waals surface area (Å²) >= 11 is 0. The van der Waals surface area contributed by atoms with E-state index in [1.807, 2.05) is 18.7 Å². The number of β-amino-alcohol motifs (C(OH)–C–C–N with tert-alkyl or cyclic N) is 1. The van der Waals surface area contributed by atoms with Gasteiger partial charge in [-0.15, -0.1) is 0 Å². The van der Waals surface area contributed by atoms with Crippen LogP contribution in [0.5, 0.6) is 0 Å². The molecule has 1 aliphatic rings. The van der Waals surface area contributed by atoms with Crippen molar-refractivity contribution in [3.8, 4) is 11.5 Å². The van der Waals surface area contributed by atoms with E-state index in [4.69, 9.17) is 9.15 Å². The number of aliphatic hydroxyl groups is 1. The zero-order valence-corrected chi connectivity index (χ0v) is 15.5. The third kappa shape index (κ3) is 4.69. The van der Waals surface area contributed by atoms with E-state index in [9.17, 15) is 18.3 Å². The van der Waals surface area contributed by atoms with Crippen molar-refractivity contribution in [3.05, 3.63) is 41.3 Å². The lowest BCUT2D eigenvalue weighted by Crippen LogP contribution is -2.29. The average Bonchev–Trinajstić information content (AvgIpc) is 3.10. The predicted molar refractivity (Wildman–Crippen MR) is 93.0 cm³/mol. The number of oxazole rings is 1. The van der Waals surface area contributed by atoms with Crippen molar-refractivity contribution in [2.45, 2.75) is 51.8 Å². The second-order valence-corrected chi connectivity index (χ2v) is 7.09. The van der Waals surface area contributed by atoms with Crippen LogP contribution < -0.4 is 0 Å². The number of ether oxygens (including phenoxy) is 1. The Balaban J connectivity index is 1.74. The second-order valence-electron chi connectivity index (χ2n) is 7.09. The summed E-state index contributed by atoms with van der Waals surface area (Å²) in [5.41, 5.74) is 0.176. The molecule has 0 bridgehead atoms. The van der Waals surface area contributed by atoms with Crippen LogP contribution >= 0.6 is 0 Å². The summed E-state index contributed by atoms with van der Waals surface area (Å²) in [6, 6.07) is 4.92. The highest BCUT2D eigenvalue weighted by Crippen LogP contribution is 2.32. The molecule has 0 spiro atoms. The third-order valence-corrected chi connectivity index (χ3v) is 4.46. The number of likely N-dealkylation sites (tertiary alicyclic amines) is 1. The molecule has 27 heavy (non-hydrogen) atoms. The zero-order valence-electron chi connectivity index (χ0n) is 15.5. The number of aliphatic hydroxyl groups excluding tert-OH is 1. The standard InChI is InChI=1S/C19H23F3N2O3/c1-11(2)26-17-10-24(9-16(17)25)8-15-12(3)27-18(23-15)13-5-4-6-14(7-13)19(20,21)22/h4-7,11,16-17,25H,8-10H2,1-3H3/t16-,17-/m0/s1. The van der Waals surface area contributed by atoms with Gasteiger partial charge in [0.05, 0.1) is 29.6 Å². The van der Waals surface area contributed by atoms with Crippen LogP contribution in [0.1, 0.15) is 30.9 Å². The smallest absolute Gasteiger partial charge is 0.416 e. The largest absolute Gasteiger partial charge is 0.441 e. The van der Waals surface area contributed by atoms with Gasteiger partial charge in [-0.2, -0.15) is 13.2 Å². The first-order valence-corrected chi connectivity index (χ1v) is 8.83. The van der Waals surface area contributed by atoms with Gasteiger partial charge < -0.3 is 14.3 Å². The second kappa shape index (κ2) is 7.61. The van der Waals surface area contributed by atoms with Crippen molar-refractivity contribution in [1.29, 1.82) is 0 Å². The molecule has 0 radical (unpaired) electrons. The first-order valence-electron chi connectivity index (χ1n) is 8.83. The Hall–Kier alpha value is -1.90. The molecule has 0 saturated carbocycles. The minimum absolute atomic E-state index is 0.0194. The number of nitrogens with zero attached hydrogens (tertiary/aromatic N) is 2. The molecule has 8 heteroatoms. The molecular formula is C19H23F3N2O3. The highest BCUT2D eigenvalue weighted by Gasteiger charge is 2.34. The maximum absolute atomic E-state index is 12.9. The fraction of sp³-hybridized carbons (Fsp3) is 0.526. The number of halogens is 3. The zero-order chi connectivity index (χ0) is 19.8. The van der Waals surface area contributed by atoms with Crippen LogP contribution in [0.3, 0.4) is 0 Å². The van der Waals surface area contributed by atoms with E-state index in [1.54, 1.807) is 6.92 Å². The summed E-state index contributed by atoms with van der Waals surface area (Å²) in [4.78, 5) is 6.38. The topological polar surface area (TPSA) is 58.7 Å². The minimum Gasteiger partial charge on any atom is -0.441 e. The van der Waals surface area contributed by atoms with E-state index >= 15 is 0 Å². The molecule has 5 nitrogen and oxygen atoms in total. The molecule has 1 aromatic heterocycles. The van der Waals surface area contributed by atoms with E-state index in [2.05, 4.69) is 4.98 Å². The Morgan fingerprint density at radius 2 is 2.07 bits per heavy atom. The molecule has 2 atom stereocenters. The van der Waals surface area contributed by atoms with Crippen LogP contribution in [-0.2, 0) is 17.5 Å². The van der Waals surface area contributed by atoms with Gasteiger partial charge in [0.2, 0.25) is 5.89 Å². The minimum atomic E-state index is -4.42. The summed E-state index contributed by atoms with van der Waals surface area (Å²) in [6.45, 7) is 7.00. The molecule has 1 N–H and O–H groups in total. The van der Waals surface area contributed by atoms with Crippen LogP contribution in [0.25, 0.3) is 11.5 Å². The molecule has 1 fully saturated rings. The molecule has 1 aliphatic heterocycles. The normalized spacial score (nSPS) is 21.3. The van der Waals surface area contributed by atoms with Crippen molar-refractivity contribution in [1.82, 2.24) is 9.88 Å². The predicted octanol–water partition coefficient (Wildman–Crippen LogP) is 3.64. The first-order chi connectivity index (χ1) is 12.6. The number of hydrogen-bond donors (Lipinski definition) is 1. The molecular weight excluding hydrogens is 361 g/mol. The van der Waals surface area contributed by atoms with E-state index in [-0.39, 0.29) is 23.7 Å². The lowest BCUT2D eigenvalue weighted by molar-refractivity contribution is -0.137. The highest BCUT2D eigenvalue weighted by atomic mass is 19.4.